The zero-order valence-electron chi connectivity index (χ0n) is 15.0. The largest absolute Gasteiger partial charge is 0.351 e. The molecule has 0 radical (unpaired) electrons. The minimum Gasteiger partial charge on any atom is -0.351 e. The zero-order chi connectivity index (χ0) is 19.4. The number of carbonyl (C=O) groups is 1. The third kappa shape index (κ3) is 4.51. The molecule has 5 nitrogen and oxygen atoms in total. The quantitative estimate of drug-likeness (QED) is 0.738. The van der Waals surface area contributed by atoms with Crippen molar-refractivity contribution in [3.8, 4) is 0 Å². The van der Waals surface area contributed by atoms with Crippen molar-refractivity contribution < 1.29 is 9.00 Å². The van der Waals surface area contributed by atoms with E-state index >= 15 is 0 Å². The van der Waals surface area contributed by atoms with Crippen molar-refractivity contribution in [2.75, 3.05) is 25.4 Å². The molecule has 8 heteroatoms. The number of nitrogens with one attached hydrogen (secondary N) is 1. The summed E-state index contributed by atoms with van der Waals surface area (Å²) in [7, 11) is -0.998. The van der Waals surface area contributed by atoms with Gasteiger partial charge in [-0.15, -0.1) is 0 Å². The lowest BCUT2D eigenvalue weighted by Crippen LogP contribution is -2.64. The number of halogens is 2. The summed E-state index contributed by atoms with van der Waals surface area (Å²) < 4.78 is 14.2. The van der Waals surface area contributed by atoms with Crippen LogP contribution in [-0.2, 0) is 16.4 Å². The van der Waals surface area contributed by atoms with Gasteiger partial charge < -0.3 is 5.32 Å². The molecule has 1 atom stereocenters. The van der Waals surface area contributed by atoms with Gasteiger partial charge in [0, 0.05) is 36.6 Å². The summed E-state index contributed by atoms with van der Waals surface area (Å²) in [6.45, 7) is 3.58. The second-order valence-electron chi connectivity index (χ2n) is 6.63. The first kappa shape index (κ1) is 20.3. The maximum Gasteiger partial charge on any atom is 0.252 e. The van der Waals surface area contributed by atoms with Crippen molar-refractivity contribution in [2.24, 2.45) is 0 Å². The Balaban J connectivity index is 1.73. The van der Waals surface area contributed by atoms with Gasteiger partial charge >= 0.3 is 0 Å². The van der Waals surface area contributed by atoms with Gasteiger partial charge in [0.15, 0.2) is 0 Å². The van der Waals surface area contributed by atoms with Crippen molar-refractivity contribution in [1.82, 2.24) is 14.6 Å². The van der Waals surface area contributed by atoms with Gasteiger partial charge in [0.05, 0.1) is 32.7 Å². The molecule has 2 aromatic rings. The summed E-state index contributed by atoms with van der Waals surface area (Å²) in [6, 6.07) is 10.5. The summed E-state index contributed by atoms with van der Waals surface area (Å²) in [5.74, 6) is 0.380. The Morgan fingerprint density at radius 2 is 2.07 bits per heavy atom. The smallest absolute Gasteiger partial charge is 0.252 e. The van der Waals surface area contributed by atoms with Crippen LogP contribution >= 0.6 is 23.2 Å². The van der Waals surface area contributed by atoms with Crippen LogP contribution < -0.4 is 5.32 Å². The van der Waals surface area contributed by atoms with Gasteiger partial charge in [-0.05, 0) is 36.8 Å². The van der Waals surface area contributed by atoms with Crippen molar-refractivity contribution in [2.45, 2.75) is 18.8 Å². The molecule has 1 aromatic heterocycles. The van der Waals surface area contributed by atoms with E-state index in [1.165, 1.54) is 0 Å². The fraction of sp³-hybridized carbons (Fsp3) is 0.368. The van der Waals surface area contributed by atoms with Crippen LogP contribution in [0.25, 0.3) is 0 Å². The molecule has 0 aliphatic carbocycles. The van der Waals surface area contributed by atoms with Crippen LogP contribution in [0.1, 0.15) is 29.4 Å². The molecule has 0 bridgehead atoms. The molecule has 1 aliphatic heterocycles. The van der Waals surface area contributed by atoms with Crippen molar-refractivity contribution in [3.05, 3.63) is 63.9 Å². The van der Waals surface area contributed by atoms with Gasteiger partial charge in [-0.3, -0.25) is 9.78 Å². The Labute approximate surface area is 171 Å². The van der Waals surface area contributed by atoms with E-state index in [1.54, 1.807) is 24.4 Å². The van der Waals surface area contributed by atoms with E-state index in [0.29, 0.717) is 41.0 Å². The van der Waals surface area contributed by atoms with E-state index in [2.05, 4.69) is 10.3 Å². The monoisotopic (exact) mass is 425 g/mol. The second-order valence-corrected chi connectivity index (χ2v) is 9.04. The van der Waals surface area contributed by atoms with Gasteiger partial charge in [-0.2, -0.15) is 0 Å². The number of benzene rings is 1. The summed E-state index contributed by atoms with van der Waals surface area (Å²) in [4.78, 5) is 17.1. The minimum atomic E-state index is -0.998. The highest BCUT2D eigenvalue weighted by Crippen LogP contribution is 2.34. The number of amides is 1. The summed E-state index contributed by atoms with van der Waals surface area (Å²) in [6.07, 6.45) is 2.60. The fourth-order valence-electron chi connectivity index (χ4n) is 3.14. The van der Waals surface area contributed by atoms with Gasteiger partial charge in [-0.25, -0.2) is 8.51 Å². The highest BCUT2D eigenvalue weighted by atomic mass is 35.5. The van der Waals surface area contributed by atoms with Crippen molar-refractivity contribution >= 4 is 40.1 Å². The highest BCUT2D eigenvalue weighted by Gasteiger charge is 2.47. The topological polar surface area (TPSA) is 62.3 Å². The minimum absolute atomic E-state index is 0.264. The first-order chi connectivity index (χ1) is 12.9. The Hall–Kier alpha value is -1.47. The Bertz CT molecular complexity index is 842. The molecule has 1 aliphatic rings. The fourth-order valence-corrected chi connectivity index (χ4v) is 5.02. The van der Waals surface area contributed by atoms with Crippen LogP contribution in [0.3, 0.4) is 0 Å². The lowest BCUT2D eigenvalue weighted by atomic mass is 9.78. The first-order valence-electron chi connectivity index (χ1n) is 8.73. The van der Waals surface area contributed by atoms with E-state index in [4.69, 9.17) is 23.2 Å². The van der Waals surface area contributed by atoms with Crippen LogP contribution in [0, 0.1) is 0 Å². The van der Waals surface area contributed by atoms with Crippen LogP contribution in [0.5, 0.6) is 0 Å². The van der Waals surface area contributed by atoms with E-state index in [9.17, 15) is 9.00 Å². The average molecular weight is 426 g/mol. The molecular formula is C19H21Cl2N3O2S. The molecule has 2 heterocycles. The number of hydrogen-bond donors (Lipinski definition) is 1. The first-order valence-corrected chi connectivity index (χ1v) is 10.8. The molecule has 1 aromatic carbocycles. The van der Waals surface area contributed by atoms with Crippen molar-refractivity contribution in [3.63, 3.8) is 0 Å². The normalized spacial score (nSPS) is 17.1. The number of aromatic nitrogens is 1. The molecule has 1 unspecified atom stereocenters. The van der Waals surface area contributed by atoms with E-state index in [1.807, 2.05) is 29.4 Å². The summed E-state index contributed by atoms with van der Waals surface area (Å²) in [5, 5.41) is 3.75. The van der Waals surface area contributed by atoms with Crippen LogP contribution in [0.15, 0.2) is 42.6 Å². The van der Waals surface area contributed by atoms with Gasteiger partial charge in [0.25, 0.3) is 5.91 Å². The van der Waals surface area contributed by atoms with E-state index in [-0.39, 0.29) is 11.3 Å². The van der Waals surface area contributed by atoms with Crippen molar-refractivity contribution in [1.29, 1.82) is 0 Å². The standard InChI is InChI=1S/C19H21Cl2N3O2S/c1-2-9-27(26)24-12-19(13-24,17-5-3-4-8-22-17)11-23-18(25)15-7-6-14(20)10-16(15)21/h3-8,10H,2,9,11-13H2,1H3,(H,23,25). The molecule has 0 saturated carbocycles. The second kappa shape index (κ2) is 8.69. The SMILES string of the molecule is CCCS(=O)N1CC(CNC(=O)c2ccc(Cl)cc2Cl)(c2ccccn2)C1. The third-order valence-electron chi connectivity index (χ3n) is 4.60. The lowest BCUT2D eigenvalue weighted by Gasteiger charge is -2.48. The molecule has 144 valence electrons. The molecule has 1 fully saturated rings. The predicted molar refractivity (Wildman–Crippen MR) is 110 cm³/mol. The van der Waals surface area contributed by atoms with Crippen LogP contribution in [0.4, 0.5) is 0 Å². The molecule has 27 heavy (non-hydrogen) atoms. The third-order valence-corrected chi connectivity index (χ3v) is 6.74. The molecule has 3 rings (SSSR count). The van der Waals surface area contributed by atoms with Gasteiger partial charge in [-0.1, -0.05) is 36.2 Å². The molecule has 0 spiro atoms. The molecular weight excluding hydrogens is 405 g/mol. The summed E-state index contributed by atoms with van der Waals surface area (Å²) >= 11 is 12.0. The van der Waals surface area contributed by atoms with E-state index in [0.717, 1.165) is 12.1 Å². The van der Waals surface area contributed by atoms with Gasteiger partial charge in [0.2, 0.25) is 0 Å². The number of pyridine rings is 1. The van der Waals surface area contributed by atoms with Crippen LogP contribution in [0.2, 0.25) is 10.0 Å². The Morgan fingerprint density at radius 3 is 2.70 bits per heavy atom. The molecule has 1 saturated heterocycles. The number of nitrogens with zero attached hydrogens (tertiary/aromatic N) is 2. The Morgan fingerprint density at radius 1 is 1.30 bits per heavy atom. The number of carbonyl (C=O) groups excluding carboxylic acids is 1. The maximum absolute atomic E-state index is 12.6. The van der Waals surface area contributed by atoms with Gasteiger partial charge in [0.1, 0.15) is 0 Å². The zero-order valence-corrected chi connectivity index (χ0v) is 17.3. The maximum atomic E-state index is 12.6. The number of hydrogen-bond acceptors (Lipinski definition) is 3. The van der Waals surface area contributed by atoms with Crippen LogP contribution in [-0.4, -0.2) is 44.8 Å². The highest BCUT2D eigenvalue weighted by molar-refractivity contribution is 7.82. The number of rotatable bonds is 7. The summed E-state index contributed by atoms with van der Waals surface area (Å²) in [5.41, 5.74) is 0.902. The molecule has 1 amide bonds. The Kier molecular flexibility index (Phi) is 6.52. The molecule has 1 N–H and O–H groups in total. The average Bonchev–Trinajstić information content (AvgIpc) is 2.61. The van der Waals surface area contributed by atoms with E-state index < -0.39 is 11.0 Å². The lowest BCUT2D eigenvalue weighted by molar-refractivity contribution is 0.0903. The predicted octanol–water partition coefficient (Wildman–Crippen LogP) is 3.45.